The molecule has 0 bridgehead atoms. The summed E-state index contributed by atoms with van der Waals surface area (Å²) in [5.41, 5.74) is -0.523. The van der Waals surface area contributed by atoms with Crippen molar-refractivity contribution < 1.29 is 31.8 Å². The Hall–Kier alpha value is -2.22. The minimum atomic E-state index is -1.23. The Morgan fingerprint density at radius 1 is 0.818 bits per heavy atom. The van der Waals surface area contributed by atoms with Crippen LogP contribution in [-0.4, -0.2) is 25.9 Å². The number of rotatable bonds is 6. The molecule has 2 aliphatic rings. The van der Waals surface area contributed by atoms with Crippen molar-refractivity contribution in [3.63, 3.8) is 0 Å². The first-order valence-corrected chi connectivity index (χ1v) is 11.4. The second kappa shape index (κ2) is 10.4. The number of halogens is 4. The molecule has 178 valence electrons. The van der Waals surface area contributed by atoms with Gasteiger partial charge in [-0.3, -0.25) is 0 Å². The summed E-state index contributed by atoms with van der Waals surface area (Å²) in [5.74, 6) is -4.47. The highest BCUT2D eigenvalue weighted by atomic mass is 19.2. The van der Waals surface area contributed by atoms with Gasteiger partial charge in [-0.1, -0.05) is 30.3 Å². The zero-order valence-corrected chi connectivity index (χ0v) is 18.6. The lowest BCUT2D eigenvalue weighted by molar-refractivity contribution is -0.0850. The molecule has 0 N–H and O–H groups in total. The van der Waals surface area contributed by atoms with E-state index in [-0.39, 0.29) is 34.3 Å². The molecule has 2 aromatic rings. The lowest BCUT2D eigenvalue weighted by Crippen LogP contribution is -2.28. The number of hydrogen-bond donors (Lipinski definition) is 0. The molecule has 0 saturated carbocycles. The minimum absolute atomic E-state index is 0.0650. The van der Waals surface area contributed by atoms with Gasteiger partial charge in [0.25, 0.3) is 0 Å². The highest BCUT2D eigenvalue weighted by Gasteiger charge is 2.30. The van der Waals surface area contributed by atoms with Gasteiger partial charge in [0, 0.05) is 34.8 Å². The lowest BCUT2D eigenvalue weighted by atomic mass is 9.92. The minimum Gasteiger partial charge on any atom is -0.376 e. The largest absolute Gasteiger partial charge is 0.376 e. The fourth-order valence-corrected chi connectivity index (χ4v) is 4.59. The zero-order chi connectivity index (χ0) is 23.5. The first-order chi connectivity index (χ1) is 15.9. The van der Waals surface area contributed by atoms with Crippen molar-refractivity contribution >= 4 is 0 Å². The van der Waals surface area contributed by atoms with Crippen molar-refractivity contribution in [2.24, 2.45) is 5.92 Å². The van der Waals surface area contributed by atoms with Crippen LogP contribution in [0.1, 0.15) is 55.9 Å². The van der Waals surface area contributed by atoms with Crippen LogP contribution in [0.3, 0.4) is 0 Å². The molecule has 4 atom stereocenters. The molecule has 0 radical (unpaired) electrons. The van der Waals surface area contributed by atoms with E-state index in [9.17, 15) is 17.6 Å². The third-order valence-corrected chi connectivity index (χ3v) is 6.49. The molecule has 4 unspecified atom stereocenters. The van der Waals surface area contributed by atoms with Gasteiger partial charge >= 0.3 is 0 Å². The first kappa shape index (κ1) is 23.9. The van der Waals surface area contributed by atoms with Crippen molar-refractivity contribution in [1.29, 1.82) is 0 Å². The standard InChI is InChI=1S/C26H28F4O3/c1-3-15-5-11-21(32-13-15)19-9-7-17(23(27)25(19)29)18-8-10-20(26(30)24(18)28)22-12-6-16(14-33-22)31-4-2/h3,7-10,15-16,21-22H,1,4-6,11-14H2,2H3. The number of benzene rings is 2. The SMILES string of the molecule is C=CC1CCC(c2ccc(-c3ccc(C4CCC(OCC)CO4)c(F)c3F)c(F)c2F)OC1. The summed E-state index contributed by atoms with van der Waals surface area (Å²) < 4.78 is 76.6. The molecule has 4 rings (SSSR count). The monoisotopic (exact) mass is 464 g/mol. The predicted octanol–water partition coefficient (Wildman–Crippen LogP) is 6.82. The van der Waals surface area contributed by atoms with Crippen LogP contribution in [0.4, 0.5) is 17.6 Å². The molecule has 33 heavy (non-hydrogen) atoms. The van der Waals surface area contributed by atoms with Crippen LogP contribution in [0.2, 0.25) is 0 Å². The first-order valence-electron chi connectivity index (χ1n) is 11.4. The van der Waals surface area contributed by atoms with Crippen LogP contribution >= 0.6 is 0 Å². The van der Waals surface area contributed by atoms with E-state index >= 15 is 0 Å². The van der Waals surface area contributed by atoms with Crippen molar-refractivity contribution in [2.75, 3.05) is 19.8 Å². The van der Waals surface area contributed by atoms with Gasteiger partial charge in [0.15, 0.2) is 23.3 Å². The summed E-state index contributed by atoms with van der Waals surface area (Å²) in [6.45, 7) is 6.84. The summed E-state index contributed by atoms with van der Waals surface area (Å²) in [6, 6.07) is 5.31. The fourth-order valence-electron chi connectivity index (χ4n) is 4.59. The predicted molar refractivity (Wildman–Crippen MR) is 117 cm³/mol. The molecule has 2 fully saturated rings. The second-order valence-electron chi connectivity index (χ2n) is 8.53. The van der Waals surface area contributed by atoms with Crippen molar-refractivity contribution in [1.82, 2.24) is 0 Å². The molecule has 2 aliphatic heterocycles. The van der Waals surface area contributed by atoms with E-state index in [2.05, 4.69) is 6.58 Å². The quantitative estimate of drug-likeness (QED) is 0.347. The molecule has 2 heterocycles. The van der Waals surface area contributed by atoms with Crippen LogP contribution in [0.25, 0.3) is 11.1 Å². The highest BCUT2D eigenvalue weighted by Crippen LogP contribution is 2.38. The van der Waals surface area contributed by atoms with Crippen LogP contribution in [-0.2, 0) is 14.2 Å². The molecule has 2 aromatic carbocycles. The Morgan fingerprint density at radius 2 is 1.36 bits per heavy atom. The molecular formula is C26H28F4O3. The average molecular weight is 464 g/mol. The van der Waals surface area contributed by atoms with E-state index in [1.54, 1.807) is 6.08 Å². The van der Waals surface area contributed by atoms with Gasteiger partial charge in [-0.25, -0.2) is 17.6 Å². The topological polar surface area (TPSA) is 27.7 Å². The Bertz CT molecular complexity index is 994. The van der Waals surface area contributed by atoms with E-state index in [4.69, 9.17) is 14.2 Å². The fraction of sp³-hybridized carbons (Fsp3) is 0.462. The van der Waals surface area contributed by atoms with Crippen molar-refractivity contribution in [2.45, 2.75) is 50.9 Å². The molecule has 7 heteroatoms. The van der Waals surface area contributed by atoms with Gasteiger partial charge in [0.2, 0.25) is 0 Å². The van der Waals surface area contributed by atoms with Crippen molar-refractivity contribution in [3.05, 3.63) is 71.3 Å². The maximum atomic E-state index is 15.0. The molecule has 3 nitrogen and oxygen atoms in total. The molecule has 0 aromatic heterocycles. The van der Waals surface area contributed by atoms with Gasteiger partial charge in [-0.15, -0.1) is 6.58 Å². The Labute approximate surface area is 191 Å². The molecule has 2 saturated heterocycles. The summed E-state index contributed by atoms with van der Waals surface area (Å²) in [7, 11) is 0. The Kier molecular flexibility index (Phi) is 7.51. The molecule has 0 aliphatic carbocycles. The highest BCUT2D eigenvalue weighted by molar-refractivity contribution is 5.66. The average Bonchev–Trinajstić information content (AvgIpc) is 2.84. The van der Waals surface area contributed by atoms with Gasteiger partial charge in [-0.05, 0) is 32.6 Å². The van der Waals surface area contributed by atoms with Gasteiger partial charge < -0.3 is 14.2 Å². The van der Waals surface area contributed by atoms with E-state index < -0.39 is 35.5 Å². The van der Waals surface area contributed by atoms with Crippen LogP contribution < -0.4 is 0 Å². The van der Waals surface area contributed by atoms with Crippen LogP contribution in [0.5, 0.6) is 0 Å². The summed E-state index contributed by atoms with van der Waals surface area (Å²) in [4.78, 5) is 0. The van der Waals surface area contributed by atoms with E-state index in [1.807, 2.05) is 6.92 Å². The molecule has 0 spiro atoms. The lowest BCUT2D eigenvalue weighted by Gasteiger charge is -2.29. The third kappa shape index (κ3) is 4.86. The van der Waals surface area contributed by atoms with E-state index in [0.29, 0.717) is 39.1 Å². The van der Waals surface area contributed by atoms with Crippen LogP contribution in [0.15, 0.2) is 36.9 Å². The van der Waals surface area contributed by atoms with Gasteiger partial charge in [-0.2, -0.15) is 0 Å². The Balaban J connectivity index is 1.56. The third-order valence-electron chi connectivity index (χ3n) is 6.49. The number of hydrogen-bond acceptors (Lipinski definition) is 3. The smallest absolute Gasteiger partial charge is 0.167 e. The van der Waals surface area contributed by atoms with Crippen LogP contribution in [0, 0.1) is 29.2 Å². The summed E-state index contributed by atoms with van der Waals surface area (Å²) in [6.07, 6.45) is 2.94. The van der Waals surface area contributed by atoms with E-state index in [1.165, 1.54) is 24.3 Å². The normalized spacial score (nSPS) is 25.7. The Morgan fingerprint density at radius 3 is 1.79 bits per heavy atom. The van der Waals surface area contributed by atoms with Gasteiger partial charge in [0.05, 0.1) is 31.5 Å². The van der Waals surface area contributed by atoms with E-state index in [0.717, 1.165) is 6.42 Å². The maximum absolute atomic E-state index is 15.0. The summed E-state index contributed by atoms with van der Waals surface area (Å²) >= 11 is 0. The zero-order valence-electron chi connectivity index (χ0n) is 18.6. The molecule has 0 amide bonds. The van der Waals surface area contributed by atoms with Gasteiger partial charge in [0.1, 0.15) is 0 Å². The maximum Gasteiger partial charge on any atom is 0.167 e. The van der Waals surface area contributed by atoms with Crippen molar-refractivity contribution in [3.8, 4) is 11.1 Å². The second-order valence-corrected chi connectivity index (χ2v) is 8.53. The number of ether oxygens (including phenoxy) is 3. The summed E-state index contributed by atoms with van der Waals surface area (Å²) in [5, 5.41) is 0. The molecular weight excluding hydrogens is 436 g/mol.